The molecule has 2 aromatic rings. The van der Waals surface area contributed by atoms with Crippen molar-refractivity contribution in [1.82, 2.24) is 5.32 Å². The maximum absolute atomic E-state index is 11.9. The molecule has 0 saturated carbocycles. The van der Waals surface area contributed by atoms with E-state index in [9.17, 15) is 9.59 Å². The summed E-state index contributed by atoms with van der Waals surface area (Å²) < 4.78 is 5.05. The quantitative estimate of drug-likeness (QED) is 0.827. The number of ether oxygens (including phenoxy) is 1. The van der Waals surface area contributed by atoms with Gasteiger partial charge in [0.2, 0.25) is 0 Å². The highest BCUT2D eigenvalue weighted by Crippen LogP contribution is 2.20. The number of nitrogens with zero attached hydrogens (tertiary/aromatic N) is 1. The largest absolute Gasteiger partial charge is 0.460 e. The molecule has 24 heavy (non-hydrogen) atoms. The van der Waals surface area contributed by atoms with Crippen LogP contribution < -0.4 is 5.32 Å². The Hall–Kier alpha value is -2.55. The van der Waals surface area contributed by atoms with Crippen LogP contribution in [0.4, 0.5) is 0 Å². The lowest BCUT2D eigenvalue weighted by Crippen LogP contribution is -2.30. The molecular weight excluding hydrogens is 351 g/mol. The van der Waals surface area contributed by atoms with Crippen molar-refractivity contribution in [3.63, 3.8) is 0 Å². The van der Waals surface area contributed by atoms with Gasteiger partial charge in [-0.1, -0.05) is 35.3 Å². The van der Waals surface area contributed by atoms with Crippen LogP contribution in [0.2, 0.25) is 10.0 Å². The number of nitrogens with one attached hydrogen (secondary N) is 1. The molecule has 1 N–H and O–H groups in total. The van der Waals surface area contributed by atoms with E-state index in [2.05, 4.69) is 5.32 Å². The number of hydrogen-bond donors (Lipinski definition) is 1. The fraction of sp³-hybridized carbons (Fsp3) is 0.118. The van der Waals surface area contributed by atoms with E-state index in [0.29, 0.717) is 10.6 Å². The molecule has 5 nitrogen and oxygen atoms in total. The van der Waals surface area contributed by atoms with Crippen molar-refractivity contribution < 1.29 is 14.3 Å². The molecule has 0 aromatic heterocycles. The maximum atomic E-state index is 11.9. The zero-order chi connectivity index (χ0) is 17.5. The second kappa shape index (κ2) is 8.34. The fourth-order valence-corrected chi connectivity index (χ4v) is 2.31. The predicted molar refractivity (Wildman–Crippen MR) is 89.7 cm³/mol. The van der Waals surface area contributed by atoms with Crippen molar-refractivity contribution in [2.75, 3.05) is 6.54 Å². The van der Waals surface area contributed by atoms with Crippen LogP contribution in [-0.2, 0) is 16.1 Å². The van der Waals surface area contributed by atoms with Crippen molar-refractivity contribution in [3.05, 3.63) is 69.2 Å². The van der Waals surface area contributed by atoms with E-state index in [1.165, 1.54) is 18.2 Å². The highest BCUT2D eigenvalue weighted by molar-refractivity contribution is 6.36. The van der Waals surface area contributed by atoms with Crippen molar-refractivity contribution in [1.29, 1.82) is 5.26 Å². The lowest BCUT2D eigenvalue weighted by Gasteiger charge is -2.08. The van der Waals surface area contributed by atoms with Gasteiger partial charge in [0.1, 0.15) is 13.2 Å². The molecule has 0 aliphatic heterocycles. The van der Waals surface area contributed by atoms with Crippen LogP contribution in [0.3, 0.4) is 0 Å². The first kappa shape index (κ1) is 17.8. The lowest BCUT2D eigenvalue weighted by atomic mass is 10.2. The Bertz CT molecular complexity index is 798. The van der Waals surface area contributed by atoms with Gasteiger partial charge in [0.15, 0.2) is 0 Å². The Kier molecular flexibility index (Phi) is 6.19. The molecule has 0 saturated heterocycles. The molecule has 0 radical (unpaired) electrons. The van der Waals surface area contributed by atoms with E-state index in [-0.39, 0.29) is 23.7 Å². The van der Waals surface area contributed by atoms with Crippen LogP contribution in [-0.4, -0.2) is 18.4 Å². The van der Waals surface area contributed by atoms with Crippen molar-refractivity contribution >= 4 is 35.1 Å². The van der Waals surface area contributed by atoms with Gasteiger partial charge in [0.25, 0.3) is 5.91 Å². The van der Waals surface area contributed by atoms with Crippen LogP contribution >= 0.6 is 23.2 Å². The number of esters is 1. The average Bonchev–Trinajstić information content (AvgIpc) is 2.58. The van der Waals surface area contributed by atoms with Gasteiger partial charge in [-0.2, -0.15) is 5.26 Å². The summed E-state index contributed by atoms with van der Waals surface area (Å²) in [4.78, 5) is 23.6. The Morgan fingerprint density at radius 1 is 1.12 bits per heavy atom. The first-order valence-electron chi connectivity index (χ1n) is 6.87. The molecular formula is C17H12Cl2N2O3. The van der Waals surface area contributed by atoms with Gasteiger partial charge in [0.05, 0.1) is 22.2 Å². The van der Waals surface area contributed by atoms with E-state index in [0.717, 1.165) is 5.56 Å². The molecule has 7 heteroatoms. The number of benzene rings is 2. The normalized spacial score (nSPS) is 9.88. The van der Waals surface area contributed by atoms with Gasteiger partial charge in [-0.05, 0) is 35.9 Å². The molecule has 0 aliphatic rings. The van der Waals surface area contributed by atoms with Gasteiger partial charge in [0, 0.05) is 5.02 Å². The number of carbonyl (C=O) groups excluding carboxylic acids is 2. The number of nitriles is 1. The Morgan fingerprint density at radius 2 is 1.83 bits per heavy atom. The van der Waals surface area contributed by atoms with E-state index < -0.39 is 11.9 Å². The second-order valence-corrected chi connectivity index (χ2v) is 5.62. The highest BCUT2D eigenvalue weighted by atomic mass is 35.5. The molecule has 0 atom stereocenters. The van der Waals surface area contributed by atoms with E-state index in [4.69, 9.17) is 33.2 Å². The van der Waals surface area contributed by atoms with Crippen LogP contribution in [0.1, 0.15) is 21.5 Å². The lowest BCUT2D eigenvalue weighted by molar-refractivity contribution is -0.143. The summed E-state index contributed by atoms with van der Waals surface area (Å²) in [5.41, 5.74) is 1.49. The molecule has 122 valence electrons. The maximum Gasteiger partial charge on any atom is 0.325 e. The van der Waals surface area contributed by atoms with Gasteiger partial charge in [-0.15, -0.1) is 0 Å². The highest BCUT2D eigenvalue weighted by Gasteiger charge is 2.12. The zero-order valence-corrected chi connectivity index (χ0v) is 13.9. The Labute approximate surface area is 148 Å². The number of halogens is 2. The van der Waals surface area contributed by atoms with E-state index in [1.807, 2.05) is 6.07 Å². The third kappa shape index (κ3) is 4.98. The van der Waals surface area contributed by atoms with Crippen molar-refractivity contribution in [3.8, 4) is 6.07 Å². The second-order valence-electron chi connectivity index (χ2n) is 4.78. The van der Waals surface area contributed by atoms with E-state index >= 15 is 0 Å². The smallest absolute Gasteiger partial charge is 0.325 e. The van der Waals surface area contributed by atoms with E-state index in [1.54, 1.807) is 24.3 Å². The molecule has 0 heterocycles. The Morgan fingerprint density at radius 3 is 2.46 bits per heavy atom. The summed E-state index contributed by atoms with van der Waals surface area (Å²) in [5.74, 6) is -1.08. The third-order valence-corrected chi connectivity index (χ3v) is 3.60. The van der Waals surface area contributed by atoms with Crippen LogP contribution in [0.15, 0.2) is 42.5 Å². The fourth-order valence-electron chi connectivity index (χ4n) is 1.81. The number of amides is 1. The van der Waals surface area contributed by atoms with Crippen molar-refractivity contribution in [2.45, 2.75) is 6.61 Å². The third-order valence-electron chi connectivity index (χ3n) is 3.05. The molecule has 0 fully saturated rings. The minimum Gasteiger partial charge on any atom is -0.460 e. The molecule has 2 aromatic carbocycles. The van der Waals surface area contributed by atoms with Crippen molar-refractivity contribution in [2.24, 2.45) is 0 Å². The van der Waals surface area contributed by atoms with Gasteiger partial charge < -0.3 is 10.1 Å². The summed E-state index contributed by atoms with van der Waals surface area (Å²) in [6.07, 6.45) is 0. The monoisotopic (exact) mass is 362 g/mol. The minimum absolute atomic E-state index is 0.0577. The minimum atomic E-state index is -0.585. The summed E-state index contributed by atoms with van der Waals surface area (Å²) in [5, 5.41) is 11.7. The standard InChI is InChI=1S/C17H12Cl2N2O3/c18-13-5-6-14(15(19)7-13)17(23)21-9-16(22)24-10-12-3-1-11(8-20)2-4-12/h1-7H,9-10H2,(H,21,23). The van der Waals surface area contributed by atoms with Crippen LogP contribution in [0.5, 0.6) is 0 Å². The van der Waals surface area contributed by atoms with Crippen LogP contribution in [0, 0.1) is 11.3 Å². The first-order chi connectivity index (χ1) is 11.5. The number of rotatable bonds is 5. The number of hydrogen-bond acceptors (Lipinski definition) is 4. The summed E-state index contributed by atoms with van der Waals surface area (Å²) in [6.45, 7) is -0.226. The van der Waals surface area contributed by atoms with Crippen LogP contribution in [0.25, 0.3) is 0 Å². The SMILES string of the molecule is N#Cc1ccc(COC(=O)CNC(=O)c2ccc(Cl)cc2Cl)cc1. The first-order valence-corrected chi connectivity index (χ1v) is 7.63. The molecule has 1 amide bonds. The topological polar surface area (TPSA) is 79.2 Å². The van der Waals surface area contributed by atoms with Gasteiger partial charge in [-0.25, -0.2) is 0 Å². The Balaban J connectivity index is 1.82. The molecule has 0 spiro atoms. The molecule has 0 aliphatic carbocycles. The van der Waals surface area contributed by atoms with Gasteiger partial charge >= 0.3 is 5.97 Å². The molecule has 0 bridgehead atoms. The predicted octanol–water partition coefficient (Wildman–Crippen LogP) is 3.34. The zero-order valence-electron chi connectivity index (χ0n) is 12.4. The molecule has 0 unspecified atom stereocenters. The average molecular weight is 363 g/mol. The summed E-state index contributed by atoms with van der Waals surface area (Å²) in [7, 11) is 0. The summed E-state index contributed by atoms with van der Waals surface area (Å²) in [6, 6.07) is 13.1. The summed E-state index contributed by atoms with van der Waals surface area (Å²) >= 11 is 11.7. The number of carbonyl (C=O) groups is 2. The molecule has 2 rings (SSSR count). The van der Waals surface area contributed by atoms with Gasteiger partial charge in [-0.3, -0.25) is 9.59 Å².